The molecular weight excluding hydrogens is 306 g/mol. The Labute approximate surface area is 140 Å². The summed E-state index contributed by atoms with van der Waals surface area (Å²) in [5.41, 5.74) is 0.733. The minimum atomic E-state index is -0.123. The van der Waals surface area contributed by atoms with Crippen LogP contribution in [0.5, 0.6) is 11.5 Å². The fourth-order valence-electron chi connectivity index (χ4n) is 2.45. The summed E-state index contributed by atoms with van der Waals surface area (Å²) in [6.07, 6.45) is 0. The lowest BCUT2D eigenvalue weighted by Gasteiger charge is -2.27. The van der Waals surface area contributed by atoms with Crippen molar-refractivity contribution in [3.63, 3.8) is 0 Å². The predicted octanol–water partition coefficient (Wildman–Crippen LogP) is 1.85. The second-order valence-electron chi connectivity index (χ2n) is 5.43. The largest absolute Gasteiger partial charge is 0.455 e. The summed E-state index contributed by atoms with van der Waals surface area (Å²) in [5.74, 6) is 1.14. The molecule has 2 aromatic rings. The maximum Gasteiger partial charge on any atom is 0.242 e. The van der Waals surface area contributed by atoms with Crippen LogP contribution in [0.4, 0.5) is 5.69 Å². The van der Waals surface area contributed by atoms with Gasteiger partial charge in [-0.3, -0.25) is 9.59 Å². The molecule has 1 aliphatic heterocycles. The molecule has 0 saturated carbocycles. The van der Waals surface area contributed by atoms with Crippen molar-refractivity contribution >= 4 is 17.5 Å². The number of amides is 2. The first-order chi connectivity index (χ1) is 11.7. The number of carbonyl (C=O) groups excluding carboxylic acids is 2. The van der Waals surface area contributed by atoms with Crippen LogP contribution < -0.4 is 15.4 Å². The monoisotopic (exact) mass is 325 g/mol. The third-order valence-electron chi connectivity index (χ3n) is 3.68. The fraction of sp³-hybridized carbons (Fsp3) is 0.222. The molecule has 0 aromatic heterocycles. The van der Waals surface area contributed by atoms with Crippen LogP contribution in [0.3, 0.4) is 0 Å². The molecule has 0 unspecified atom stereocenters. The van der Waals surface area contributed by atoms with Crippen molar-refractivity contribution in [3.05, 3.63) is 54.6 Å². The number of anilines is 1. The molecule has 0 radical (unpaired) electrons. The Balaban J connectivity index is 1.63. The summed E-state index contributed by atoms with van der Waals surface area (Å²) in [6, 6.07) is 16.9. The summed E-state index contributed by atoms with van der Waals surface area (Å²) >= 11 is 0. The summed E-state index contributed by atoms with van der Waals surface area (Å²) in [5, 5.41) is 5.80. The van der Waals surface area contributed by atoms with E-state index in [0.717, 1.165) is 11.4 Å². The molecule has 0 atom stereocenters. The number of para-hydroxylation sites is 3. The molecule has 1 heterocycles. The van der Waals surface area contributed by atoms with Gasteiger partial charge in [0.1, 0.15) is 5.75 Å². The van der Waals surface area contributed by atoms with Crippen LogP contribution in [0, 0.1) is 0 Å². The normalized spacial score (nSPS) is 14.0. The van der Waals surface area contributed by atoms with Crippen molar-refractivity contribution in [2.75, 3.05) is 31.5 Å². The number of rotatable bonds is 5. The molecule has 1 fully saturated rings. The van der Waals surface area contributed by atoms with Crippen LogP contribution >= 0.6 is 0 Å². The van der Waals surface area contributed by atoms with Gasteiger partial charge in [0.05, 0.1) is 18.8 Å². The number of nitrogens with zero attached hydrogens (tertiary/aromatic N) is 1. The molecule has 2 N–H and O–H groups in total. The number of carbonyl (C=O) groups is 2. The summed E-state index contributed by atoms with van der Waals surface area (Å²) < 4.78 is 5.85. The van der Waals surface area contributed by atoms with E-state index < -0.39 is 0 Å². The Morgan fingerprint density at radius 2 is 1.88 bits per heavy atom. The van der Waals surface area contributed by atoms with E-state index >= 15 is 0 Å². The Morgan fingerprint density at radius 1 is 1.12 bits per heavy atom. The van der Waals surface area contributed by atoms with Gasteiger partial charge in [0, 0.05) is 13.1 Å². The zero-order valence-electron chi connectivity index (χ0n) is 13.2. The van der Waals surface area contributed by atoms with Crippen molar-refractivity contribution in [2.24, 2.45) is 0 Å². The molecule has 1 saturated heterocycles. The van der Waals surface area contributed by atoms with Gasteiger partial charge in [0.2, 0.25) is 11.8 Å². The summed E-state index contributed by atoms with van der Waals surface area (Å²) in [7, 11) is 0. The Morgan fingerprint density at radius 3 is 2.67 bits per heavy atom. The molecule has 6 nitrogen and oxygen atoms in total. The van der Waals surface area contributed by atoms with Gasteiger partial charge in [-0.15, -0.1) is 0 Å². The van der Waals surface area contributed by atoms with E-state index in [1.54, 1.807) is 4.90 Å². The number of hydrogen-bond donors (Lipinski definition) is 2. The van der Waals surface area contributed by atoms with E-state index in [0.29, 0.717) is 18.8 Å². The lowest BCUT2D eigenvalue weighted by Crippen LogP contribution is -2.51. The van der Waals surface area contributed by atoms with Gasteiger partial charge < -0.3 is 20.3 Å². The van der Waals surface area contributed by atoms with E-state index in [2.05, 4.69) is 10.6 Å². The topological polar surface area (TPSA) is 70.7 Å². The SMILES string of the molecule is O=C1CN(C(=O)CNc2ccccc2Oc2ccccc2)CCN1. The standard InChI is InChI=1S/C18H19N3O3/c22-17-13-21(11-10-19-17)18(23)12-20-15-8-4-5-9-16(15)24-14-6-2-1-3-7-14/h1-9,20H,10-13H2,(H,19,22). The summed E-state index contributed by atoms with van der Waals surface area (Å²) in [4.78, 5) is 25.1. The molecule has 2 amide bonds. The zero-order valence-corrected chi connectivity index (χ0v) is 13.2. The second kappa shape index (κ2) is 7.50. The highest BCUT2D eigenvalue weighted by molar-refractivity contribution is 5.88. The van der Waals surface area contributed by atoms with Crippen molar-refractivity contribution < 1.29 is 14.3 Å². The first-order valence-corrected chi connectivity index (χ1v) is 7.82. The van der Waals surface area contributed by atoms with Crippen LogP contribution in [0.1, 0.15) is 0 Å². The molecule has 2 aromatic carbocycles. The van der Waals surface area contributed by atoms with Crippen LogP contribution in [0.15, 0.2) is 54.6 Å². The number of nitrogens with one attached hydrogen (secondary N) is 2. The number of hydrogen-bond acceptors (Lipinski definition) is 4. The van der Waals surface area contributed by atoms with Gasteiger partial charge in [-0.25, -0.2) is 0 Å². The van der Waals surface area contributed by atoms with Crippen LogP contribution in [-0.2, 0) is 9.59 Å². The quantitative estimate of drug-likeness (QED) is 0.880. The van der Waals surface area contributed by atoms with E-state index in [9.17, 15) is 9.59 Å². The lowest BCUT2D eigenvalue weighted by atomic mass is 10.2. The Kier molecular flexibility index (Phi) is 4.96. The average molecular weight is 325 g/mol. The van der Waals surface area contributed by atoms with Crippen molar-refractivity contribution in [3.8, 4) is 11.5 Å². The van der Waals surface area contributed by atoms with E-state index in [4.69, 9.17) is 4.74 Å². The summed E-state index contributed by atoms with van der Waals surface area (Å²) in [6.45, 7) is 1.26. The van der Waals surface area contributed by atoms with E-state index in [1.807, 2.05) is 54.6 Å². The van der Waals surface area contributed by atoms with E-state index in [1.165, 1.54) is 0 Å². The molecule has 124 valence electrons. The highest BCUT2D eigenvalue weighted by atomic mass is 16.5. The van der Waals surface area contributed by atoms with Crippen molar-refractivity contribution in [2.45, 2.75) is 0 Å². The fourth-order valence-corrected chi connectivity index (χ4v) is 2.45. The molecular formula is C18H19N3O3. The van der Waals surface area contributed by atoms with Gasteiger partial charge in [0.25, 0.3) is 0 Å². The smallest absolute Gasteiger partial charge is 0.242 e. The van der Waals surface area contributed by atoms with Crippen molar-refractivity contribution in [1.82, 2.24) is 10.2 Å². The highest BCUT2D eigenvalue weighted by Gasteiger charge is 2.20. The van der Waals surface area contributed by atoms with Gasteiger partial charge in [0.15, 0.2) is 5.75 Å². The molecule has 1 aliphatic rings. The second-order valence-corrected chi connectivity index (χ2v) is 5.43. The third-order valence-corrected chi connectivity index (χ3v) is 3.68. The third kappa shape index (κ3) is 4.04. The number of ether oxygens (including phenoxy) is 1. The lowest BCUT2D eigenvalue weighted by molar-refractivity contribution is -0.136. The molecule has 3 rings (SSSR count). The first kappa shape index (κ1) is 15.9. The number of benzene rings is 2. The minimum absolute atomic E-state index is 0.112. The van der Waals surface area contributed by atoms with Gasteiger partial charge in [-0.1, -0.05) is 30.3 Å². The maximum absolute atomic E-state index is 12.2. The molecule has 24 heavy (non-hydrogen) atoms. The van der Waals surface area contributed by atoms with E-state index in [-0.39, 0.29) is 24.9 Å². The van der Waals surface area contributed by atoms with Gasteiger partial charge in [-0.05, 0) is 24.3 Å². The molecule has 0 aliphatic carbocycles. The predicted molar refractivity (Wildman–Crippen MR) is 91.0 cm³/mol. The Hall–Kier alpha value is -3.02. The first-order valence-electron chi connectivity index (χ1n) is 7.82. The molecule has 6 heteroatoms. The number of piperazine rings is 1. The zero-order chi connectivity index (χ0) is 16.8. The molecule has 0 bridgehead atoms. The minimum Gasteiger partial charge on any atom is -0.455 e. The van der Waals surface area contributed by atoms with Crippen LogP contribution in [0.2, 0.25) is 0 Å². The van der Waals surface area contributed by atoms with Crippen LogP contribution in [0.25, 0.3) is 0 Å². The van der Waals surface area contributed by atoms with Gasteiger partial charge in [-0.2, -0.15) is 0 Å². The van der Waals surface area contributed by atoms with Crippen molar-refractivity contribution in [1.29, 1.82) is 0 Å². The average Bonchev–Trinajstić information content (AvgIpc) is 2.61. The van der Waals surface area contributed by atoms with Crippen LogP contribution in [-0.4, -0.2) is 42.9 Å². The van der Waals surface area contributed by atoms with Gasteiger partial charge >= 0.3 is 0 Å². The maximum atomic E-state index is 12.2. The molecule has 0 spiro atoms. The highest BCUT2D eigenvalue weighted by Crippen LogP contribution is 2.28. The Bertz CT molecular complexity index is 718.